The molecule has 0 saturated carbocycles. The lowest BCUT2D eigenvalue weighted by Crippen LogP contribution is -2.25. The second-order valence-electron chi connectivity index (χ2n) is 4.14. The molecule has 2 atom stereocenters. The van der Waals surface area contributed by atoms with Gasteiger partial charge in [0.15, 0.2) is 0 Å². The molecule has 0 fully saturated rings. The van der Waals surface area contributed by atoms with E-state index < -0.39 is 6.10 Å². The van der Waals surface area contributed by atoms with E-state index in [2.05, 4.69) is 0 Å². The first-order valence-corrected chi connectivity index (χ1v) is 5.57. The number of hydrogen-bond acceptors (Lipinski definition) is 2. The quantitative estimate of drug-likeness (QED) is 0.843. The van der Waals surface area contributed by atoms with Crippen LogP contribution in [0.4, 0.5) is 0 Å². The van der Waals surface area contributed by atoms with Gasteiger partial charge >= 0.3 is 0 Å². The van der Waals surface area contributed by atoms with Crippen LogP contribution in [0.3, 0.4) is 0 Å². The van der Waals surface area contributed by atoms with Crippen LogP contribution in [0.25, 0.3) is 10.9 Å². The minimum atomic E-state index is -0.656. The normalized spacial score (nSPS) is 15.3. The minimum absolute atomic E-state index is 0.293. The zero-order valence-corrected chi connectivity index (χ0v) is 10.1. The summed E-state index contributed by atoms with van der Waals surface area (Å²) < 4.78 is 1.94. The maximum atomic E-state index is 9.97. The van der Waals surface area contributed by atoms with Gasteiger partial charge in [0.05, 0.1) is 0 Å². The molecule has 0 saturated heterocycles. The fraction of sp³-hybridized carbons (Fsp3) is 0.333. The van der Waals surface area contributed by atoms with Gasteiger partial charge in [0.2, 0.25) is 0 Å². The van der Waals surface area contributed by atoms with Crippen molar-refractivity contribution < 1.29 is 5.11 Å². The van der Waals surface area contributed by atoms with Gasteiger partial charge in [0.25, 0.3) is 0 Å². The first kappa shape index (κ1) is 11.5. The van der Waals surface area contributed by atoms with E-state index in [1.807, 2.05) is 35.9 Å². The fourth-order valence-corrected chi connectivity index (χ4v) is 2.08. The highest BCUT2D eigenvalue weighted by Crippen LogP contribution is 2.26. The summed E-state index contributed by atoms with van der Waals surface area (Å²) in [5, 5.41) is 11.7. The van der Waals surface area contributed by atoms with Crippen LogP contribution in [-0.4, -0.2) is 15.7 Å². The Morgan fingerprint density at radius 2 is 2.06 bits per heavy atom. The molecule has 3 N–H and O–H groups in total. The summed E-state index contributed by atoms with van der Waals surface area (Å²) in [4.78, 5) is 0. The number of halogens is 1. The van der Waals surface area contributed by atoms with E-state index >= 15 is 0 Å². The van der Waals surface area contributed by atoms with Crippen molar-refractivity contribution in [2.24, 2.45) is 12.8 Å². The van der Waals surface area contributed by atoms with Crippen molar-refractivity contribution in [3.8, 4) is 0 Å². The number of rotatable bonds is 2. The number of nitrogens with two attached hydrogens (primary N) is 1. The van der Waals surface area contributed by atoms with Crippen LogP contribution in [0.1, 0.15) is 18.7 Å². The Labute approximate surface area is 99.4 Å². The monoisotopic (exact) mass is 238 g/mol. The molecule has 3 nitrogen and oxygen atoms in total. The molecule has 4 heteroatoms. The zero-order chi connectivity index (χ0) is 11.9. The Balaban J connectivity index is 2.60. The maximum absolute atomic E-state index is 9.97. The molecule has 0 bridgehead atoms. The van der Waals surface area contributed by atoms with Gasteiger partial charge in [-0.15, -0.1) is 0 Å². The van der Waals surface area contributed by atoms with E-state index in [4.69, 9.17) is 17.3 Å². The van der Waals surface area contributed by atoms with E-state index in [-0.39, 0.29) is 6.04 Å². The average molecular weight is 239 g/mol. The third-order valence-corrected chi connectivity index (χ3v) is 3.08. The lowest BCUT2D eigenvalue weighted by molar-refractivity contribution is 0.146. The summed E-state index contributed by atoms with van der Waals surface area (Å²) in [5.74, 6) is 0. The van der Waals surface area contributed by atoms with Crippen LogP contribution in [0, 0.1) is 0 Å². The van der Waals surface area contributed by atoms with Crippen molar-refractivity contribution >= 4 is 22.5 Å². The lowest BCUT2D eigenvalue weighted by Gasteiger charge is -2.15. The number of aryl methyl sites for hydroxylation is 1. The SMILES string of the molecule is CC(N)C(O)c1cc2cc(Cl)ccc2n1C. The number of aromatic nitrogens is 1. The van der Waals surface area contributed by atoms with Crippen LogP contribution >= 0.6 is 11.6 Å². The van der Waals surface area contributed by atoms with Gasteiger partial charge in [-0.25, -0.2) is 0 Å². The third-order valence-electron chi connectivity index (χ3n) is 2.84. The molecule has 0 spiro atoms. The highest BCUT2D eigenvalue weighted by atomic mass is 35.5. The molecule has 0 aliphatic heterocycles. The highest BCUT2D eigenvalue weighted by Gasteiger charge is 2.17. The highest BCUT2D eigenvalue weighted by molar-refractivity contribution is 6.31. The van der Waals surface area contributed by atoms with E-state index in [0.29, 0.717) is 5.02 Å². The summed E-state index contributed by atoms with van der Waals surface area (Å²) in [7, 11) is 1.91. The van der Waals surface area contributed by atoms with Crippen molar-refractivity contribution in [2.75, 3.05) is 0 Å². The van der Waals surface area contributed by atoms with Gasteiger partial charge in [0, 0.05) is 34.7 Å². The Kier molecular flexibility index (Phi) is 2.93. The van der Waals surface area contributed by atoms with Crippen LogP contribution in [0.5, 0.6) is 0 Å². The number of benzene rings is 1. The van der Waals surface area contributed by atoms with E-state index in [0.717, 1.165) is 16.6 Å². The first-order chi connectivity index (χ1) is 7.50. The lowest BCUT2D eigenvalue weighted by atomic mass is 10.1. The second kappa shape index (κ2) is 4.09. The van der Waals surface area contributed by atoms with Gasteiger partial charge in [-0.1, -0.05) is 11.6 Å². The molecule has 1 aromatic carbocycles. The van der Waals surface area contributed by atoms with Crippen LogP contribution in [-0.2, 0) is 7.05 Å². The Morgan fingerprint density at radius 3 is 2.69 bits per heavy atom. The number of aliphatic hydroxyl groups is 1. The van der Waals surface area contributed by atoms with Gasteiger partial charge in [-0.2, -0.15) is 0 Å². The van der Waals surface area contributed by atoms with E-state index in [1.54, 1.807) is 6.92 Å². The van der Waals surface area contributed by atoms with Crippen molar-refractivity contribution in [3.05, 3.63) is 35.0 Å². The Morgan fingerprint density at radius 1 is 1.38 bits per heavy atom. The predicted molar refractivity (Wildman–Crippen MR) is 66.5 cm³/mol. The van der Waals surface area contributed by atoms with E-state index in [1.165, 1.54) is 0 Å². The molecule has 16 heavy (non-hydrogen) atoms. The van der Waals surface area contributed by atoms with Crippen molar-refractivity contribution in [1.82, 2.24) is 4.57 Å². The molecule has 0 amide bonds. The van der Waals surface area contributed by atoms with Crippen LogP contribution in [0.15, 0.2) is 24.3 Å². The molecule has 2 aromatic rings. The van der Waals surface area contributed by atoms with Gasteiger partial charge in [0.1, 0.15) is 6.10 Å². The first-order valence-electron chi connectivity index (χ1n) is 5.19. The van der Waals surface area contributed by atoms with Crippen LogP contribution < -0.4 is 5.73 Å². The summed E-state index contributed by atoms with van der Waals surface area (Å²) in [6.45, 7) is 1.79. The summed E-state index contributed by atoms with van der Waals surface area (Å²) >= 11 is 5.93. The zero-order valence-electron chi connectivity index (χ0n) is 9.31. The van der Waals surface area contributed by atoms with E-state index in [9.17, 15) is 5.11 Å². The summed E-state index contributed by atoms with van der Waals surface area (Å²) in [5.41, 5.74) is 7.55. The topological polar surface area (TPSA) is 51.2 Å². The molecule has 0 aliphatic carbocycles. The largest absolute Gasteiger partial charge is 0.385 e. The van der Waals surface area contributed by atoms with Crippen LogP contribution in [0.2, 0.25) is 5.02 Å². The molecular weight excluding hydrogens is 224 g/mol. The molecule has 0 radical (unpaired) electrons. The number of nitrogens with zero attached hydrogens (tertiary/aromatic N) is 1. The number of hydrogen-bond donors (Lipinski definition) is 2. The molecule has 1 aromatic heterocycles. The van der Waals surface area contributed by atoms with Crippen molar-refractivity contribution in [1.29, 1.82) is 0 Å². The smallest absolute Gasteiger partial charge is 0.109 e. The minimum Gasteiger partial charge on any atom is -0.385 e. The van der Waals surface area contributed by atoms with Crippen molar-refractivity contribution in [2.45, 2.75) is 19.1 Å². The van der Waals surface area contributed by atoms with Gasteiger partial charge in [-0.3, -0.25) is 0 Å². The van der Waals surface area contributed by atoms with Crippen molar-refractivity contribution in [3.63, 3.8) is 0 Å². The fourth-order valence-electron chi connectivity index (χ4n) is 1.89. The van der Waals surface area contributed by atoms with Gasteiger partial charge in [-0.05, 0) is 31.2 Å². The molecule has 1 heterocycles. The number of fused-ring (bicyclic) bond motifs is 1. The third kappa shape index (κ3) is 1.82. The maximum Gasteiger partial charge on any atom is 0.109 e. The average Bonchev–Trinajstić information content (AvgIpc) is 2.54. The Hall–Kier alpha value is -1.03. The van der Waals surface area contributed by atoms with Gasteiger partial charge < -0.3 is 15.4 Å². The molecule has 0 aliphatic rings. The predicted octanol–water partition coefficient (Wildman–Crippen LogP) is 2.21. The second-order valence-corrected chi connectivity index (χ2v) is 4.57. The standard InChI is InChI=1S/C12H15ClN2O/c1-7(14)12(16)11-6-8-5-9(13)3-4-10(8)15(11)2/h3-7,12,16H,14H2,1-2H3. The molecule has 86 valence electrons. The molecular formula is C12H15ClN2O. The molecule has 2 unspecified atom stereocenters. The number of aliphatic hydroxyl groups excluding tert-OH is 1. The summed E-state index contributed by atoms with van der Waals surface area (Å²) in [6.07, 6.45) is -0.656. The summed E-state index contributed by atoms with van der Waals surface area (Å²) in [6, 6.07) is 7.29. The Bertz CT molecular complexity index is 519. The molecule has 2 rings (SSSR count).